The number of thioether (sulfide) groups is 1. The maximum atomic E-state index is 11.3. The standard InChI is InChI=1S/C16H16O2S/c1-12(16(17)18)15(13-8-4-2-5-9-13)19-14-10-6-3-7-11-14/h2-12,15H,1H3,(H,17,18)/t12-,15+/m1/s1. The summed E-state index contributed by atoms with van der Waals surface area (Å²) in [6.07, 6.45) is 0. The van der Waals surface area contributed by atoms with Gasteiger partial charge < -0.3 is 5.11 Å². The van der Waals surface area contributed by atoms with Crippen LogP contribution in [0.15, 0.2) is 65.6 Å². The molecule has 2 atom stereocenters. The lowest BCUT2D eigenvalue weighted by atomic mass is 10.0. The minimum Gasteiger partial charge on any atom is -0.481 e. The fourth-order valence-electron chi connectivity index (χ4n) is 1.88. The first-order chi connectivity index (χ1) is 9.18. The van der Waals surface area contributed by atoms with Crippen molar-refractivity contribution in [2.45, 2.75) is 17.1 Å². The number of benzene rings is 2. The second-order valence-electron chi connectivity index (χ2n) is 4.39. The predicted molar refractivity (Wildman–Crippen MR) is 78.3 cm³/mol. The molecule has 0 unspecified atom stereocenters. The Kier molecular flexibility index (Phi) is 4.63. The monoisotopic (exact) mass is 272 g/mol. The summed E-state index contributed by atoms with van der Waals surface area (Å²) in [5.41, 5.74) is 1.05. The molecule has 0 radical (unpaired) electrons. The van der Waals surface area contributed by atoms with E-state index in [4.69, 9.17) is 0 Å². The van der Waals surface area contributed by atoms with Crippen LogP contribution < -0.4 is 0 Å². The first-order valence-electron chi connectivity index (χ1n) is 6.18. The van der Waals surface area contributed by atoms with Gasteiger partial charge in [0.15, 0.2) is 0 Å². The average Bonchev–Trinajstić information content (AvgIpc) is 2.46. The zero-order valence-corrected chi connectivity index (χ0v) is 11.5. The van der Waals surface area contributed by atoms with Crippen LogP contribution in [0.2, 0.25) is 0 Å². The van der Waals surface area contributed by atoms with Gasteiger partial charge in [0.05, 0.1) is 5.92 Å². The molecule has 0 bridgehead atoms. The summed E-state index contributed by atoms with van der Waals surface area (Å²) in [6.45, 7) is 1.76. The molecular formula is C16H16O2S. The van der Waals surface area contributed by atoms with E-state index >= 15 is 0 Å². The lowest BCUT2D eigenvalue weighted by Gasteiger charge is -2.21. The molecule has 98 valence electrons. The van der Waals surface area contributed by atoms with Gasteiger partial charge in [-0.05, 0) is 17.7 Å². The predicted octanol–water partition coefficient (Wildman–Crippen LogP) is 4.24. The molecule has 0 fully saturated rings. The molecule has 0 heterocycles. The highest BCUT2D eigenvalue weighted by atomic mass is 32.2. The number of rotatable bonds is 5. The molecule has 2 rings (SSSR count). The van der Waals surface area contributed by atoms with Gasteiger partial charge in [-0.2, -0.15) is 0 Å². The Hall–Kier alpha value is -1.74. The molecule has 0 spiro atoms. The van der Waals surface area contributed by atoms with E-state index in [1.165, 1.54) is 0 Å². The molecule has 0 saturated carbocycles. The molecule has 0 aliphatic rings. The van der Waals surface area contributed by atoms with Crippen LogP contribution in [-0.2, 0) is 4.79 Å². The molecule has 2 aromatic rings. The fourth-order valence-corrected chi connectivity index (χ4v) is 3.10. The number of carboxylic acid groups (broad SMARTS) is 1. The van der Waals surface area contributed by atoms with Gasteiger partial charge >= 0.3 is 5.97 Å². The molecule has 0 aliphatic carbocycles. The quantitative estimate of drug-likeness (QED) is 0.827. The van der Waals surface area contributed by atoms with Gasteiger partial charge in [0.1, 0.15) is 0 Å². The van der Waals surface area contributed by atoms with Crippen molar-refractivity contribution in [2.24, 2.45) is 5.92 Å². The van der Waals surface area contributed by atoms with Crippen molar-refractivity contribution < 1.29 is 9.90 Å². The largest absolute Gasteiger partial charge is 0.481 e. The minimum atomic E-state index is -0.766. The van der Waals surface area contributed by atoms with Crippen molar-refractivity contribution in [1.82, 2.24) is 0 Å². The molecular weight excluding hydrogens is 256 g/mol. The first kappa shape index (κ1) is 13.7. The molecule has 3 heteroatoms. The van der Waals surface area contributed by atoms with Gasteiger partial charge in [0.25, 0.3) is 0 Å². The van der Waals surface area contributed by atoms with Crippen LogP contribution in [-0.4, -0.2) is 11.1 Å². The van der Waals surface area contributed by atoms with Crippen LogP contribution in [0.4, 0.5) is 0 Å². The Morgan fingerprint density at radius 3 is 2.05 bits per heavy atom. The summed E-state index contributed by atoms with van der Waals surface area (Å²) in [5.74, 6) is -1.20. The van der Waals surface area contributed by atoms with Gasteiger partial charge in [-0.3, -0.25) is 4.79 Å². The van der Waals surface area contributed by atoms with E-state index in [9.17, 15) is 9.90 Å². The lowest BCUT2D eigenvalue weighted by Crippen LogP contribution is -2.16. The average molecular weight is 272 g/mol. The van der Waals surface area contributed by atoms with Gasteiger partial charge in [-0.15, -0.1) is 11.8 Å². The fraction of sp³-hybridized carbons (Fsp3) is 0.188. The van der Waals surface area contributed by atoms with E-state index in [1.54, 1.807) is 18.7 Å². The van der Waals surface area contributed by atoms with E-state index in [2.05, 4.69) is 0 Å². The minimum absolute atomic E-state index is 0.0823. The topological polar surface area (TPSA) is 37.3 Å². The first-order valence-corrected chi connectivity index (χ1v) is 7.06. The highest BCUT2D eigenvalue weighted by Gasteiger charge is 2.26. The van der Waals surface area contributed by atoms with Gasteiger partial charge in [-0.25, -0.2) is 0 Å². The normalized spacial score (nSPS) is 13.7. The van der Waals surface area contributed by atoms with Crippen molar-refractivity contribution in [1.29, 1.82) is 0 Å². The Labute approximate surface area is 117 Å². The van der Waals surface area contributed by atoms with Gasteiger partial charge in [0, 0.05) is 10.1 Å². The summed E-state index contributed by atoms with van der Waals surface area (Å²) >= 11 is 1.60. The summed E-state index contributed by atoms with van der Waals surface area (Å²) < 4.78 is 0. The molecule has 1 N–H and O–H groups in total. The van der Waals surface area contributed by atoms with Crippen molar-refractivity contribution in [2.75, 3.05) is 0 Å². The van der Waals surface area contributed by atoms with E-state index in [0.29, 0.717) is 0 Å². The van der Waals surface area contributed by atoms with Crippen molar-refractivity contribution in [3.63, 3.8) is 0 Å². The second-order valence-corrected chi connectivity index (χ2v) is 5.60. The molecule has 2 aromatic carbocycles. The number of hydrogen-bond donors (Lipinski definition) is 1. The van der Waals surface area contributed by atoms with Crippen LogP contribution in [0.3, 0.4) is 0 Å². The third kappa shape index (κ3) is 3.61. The van der Waals surface area contributed by atoms with Crippen LogP contribution in [0.5, 0.6) is 0 Å². The van der Waals surface area contributed by atoms with E-state index < -0.39 is 11.9 Å². The molecule has 0 amide bonds. The maximum absolute atomic E-state index is 11.3. The highest BCUT2D eigenvalue weighted by molar-refractivity contribution is 7.99. The van der Waals surface area contributed by atoms with Crippen molar-refractivity contribution in [3.8, 4) is 0 Å². The van der Waals surface area contributed by atoms with Gasteiger partial charge in [-0.1, -0.05) is 55.5 Å². The van der Waals surface area contributed by atoms with Crippen LogP contribution in [0.1, 0.15) is 17.7 Å². The Morgan fingerprint density at radius 2 is 1.53 bits per heavy atom. The lowest BCUT2D eigenvalue weighted by molar-refractivity contribution is -0.141. The molecule has 0 saturated heterocycles. The van der Waals surface area contributed by atoms with Crippen LogP contribution >= 0.6 is 11.8 Å². The summed E-state index contributed by atoms with van der Waals surface area (Å²) in [5, 5.41) is 9.20. The van der Waals surface area contributed by atoms with Crippen molar-refractivity contribution >= 4 is 17.7 Å². The zero-order valence-electron chi connectivity index (χ0n) is 10.7. The molecule has 2 nitrogen and oxygen atoms in total. The smallest absolute Gasteiger partial charge is 0.307 e. The SMILES string of the molecule is C[C@@H](C(=O)O)[C@H](Sc1ccccc1)c1ccccc1. The summed E-state index contributed by atoms with van der Waals surface area (Å²) in [7, 11) is 0. The Morgan fingerprint density at radius 1 is 1.00 bits per heavy atom. The summed E-state index contributed by atoms with van der Waals surface area (Å²) in [4.78, 5) is 12.4. The number of carboxylic acids is 1. The Bertz CT molecular complexity index is 525. The maximum Gasteiger partial charge on any atom is 0.307 e. The second kappa shape index (κ2) is 6.43. The molecule has 0 aromatic heterocycles. The van der Waals surface area contributed by atoms with E-state index in [1.807, 2.05) is 60.7 Å². The van der Waals surface area contributed by atoms with E-state index in [-0.39, 0.29) is 5.25 Å². The molecule has 0 aliphatic heterocycles. The van der Waals surface area contributed by atoms with Gasteiger partial charge in [0.2, 0.25) is 0 Å². The van der Waals surface area contributed by atoms with Crippen molar-refractivity contribution in [3.05, 3.63) is 66.2 Å². The zero-order chi connectivity index (χ0) is 13.7. The number of hydrogen-bond acceptors (Lipinski definition) is 2. The highest BCUT2D eigenvalue weighted by Crippen LogP contribution is 2.40. The third-order valence-corrected chi connectivity index (χ3v) is 4.46. The van der Waals surface area contributed by atoms with Crippen LogP contribution in [0, 0.1) is 5.92 Å². The third-order valence-electron chi connectivity index (χ3n) is 2.98. The summed E-state index contributed by atoms with van der Waals surface area (Å²) in [6, 6.07) is 19.7. The number of carbonyl (C=O) groups is 1. The molecule has 19 heavy (non-hydrogen) atoms. The van der Waals surface area contributed by atoms with Crippen LogP contribution in [0.25, 0.3) is 0 Å². The number of aliphatic carboxylic acids is 1. The Balaban J connectivity index is 2.27. The van der Waals surface area contributed by atoms with E-state index in [0.717, 1.165) is 10.5 Å².